The lowest BCUT2D eigenvalue weighted by atomic mass is 9.83. The summed E-state index contributed by atoms with van der Waals surface area (Å²) in [5, 5.41) is 95.8. The van der Waals surface area contributed by atoms with E-state index < -0.39 is 182 Å². The molecule has 4 bridgehead atoms. The second kappa shape index (κ2) is 51.8. The molecule has 4 fully saturated rings. The fourth-order valence-corrected chi connectivity index (χ4v) is 18.0. The molecule has 7 heterocycles. The summed E-state index contributed by atoms with van der Waals surface area (Å²) in [6, 6.07) is 0. The quantitative estimate of drug-likeness (QED) is 0.0329. The highest BCUT2D eigenvalue weighted by Crippen LogP contribution is 2.37. The van der Waals surface area contributed by atoms with Crippen LogP contribution < -0.4 is 0 Å². The first-order valence-electron chi connectivity index (χ1n) is 43.6. The summed E-state index contributed by atoms with van der Waals surface area (Å²) < 4.78 is 110. The summed E-state index contributed by atoms with van der Waals surface area (Å²) in [5.41, 5.74) is 1.32. The Balaban J connectivity index is 1.18. The third kappa shape index (κ3) is 32.1. The van der Waals surface area contributed by atoms with Gasteiger partial charge in [-0.2, -0.15) is 0 Å². The number of carbonyl (C=O) groups excluding carboxylic acids is 2. The number of fused-ring (bicyclic) bond motifs is 4. The monoisotopic (exact) mass is 1680 g/mol. The summed E-state index contributed by atoms with van der Waals surface area (Å²) in [6.07, 6.45) is 5.51. The Morgan fingerprint density at radius 1 is 0.424 bits per heavy atom. The number of aliphatic hydroxyl groups is 8. The largest absolute Gasteiger partial charge is 0.459 e. The lowest BCUT2D eigenvalue weighted by Gasteiger charge is -2.40. The minimum Gasteiger partial charge on any atom is -0.459 e. The van der Waals surface area contributed by atoms with Crippen LogP contribution in [0.5, 0.6) is 0 Å². The van der Waals surface area contributed by atoms with Crippen molar-refractivity contribution in [3.63, 3.8) is 0 Å². The highest BCUT2D eigenvalue weighted by atomic mass is 16.7. The van der Waals surface area contributed by atoms with Gasteiger partial charge in [0.25, 0.3) is 0 Å². The predicted molar refractivity (Wildman–Crippen MR) is 441 cm³/mol. The topological polar surface area (TPSA) is 362 Å². The molecule has 7 aliphatic rings. The fraction of sp³-hybridized carbons (Fsp3) is 0.844. The van der Waals surface area contributed by atoms with Gasteiger partial charge in [0.1, 0.15) is 48.8 Å². The van der Waals surface area contributed by atoms with Gasteiger partial charge in [0, 0.05) is 131 Å². The molecule has 118 heavy (non-hydrogen) atoms. The Bertz CT molecular complexity index is 2850. The highest BCUT2D eigenvalue weighted by molar-refractivity contribution is 5.83. The Labute approximate surface area is 703 Å². The molecule has 0 spiro atoms. The Morgan fingerprint density at radius 2 is 0.797 bits per heavy atom. The smallest absolute Gasteiger partial charge is 0.331 e. The maximum Gasteiger partial charge on any atom is 0.331 e. The molecule has 0 aromatic rings. The van der Waals surface area contributed by atoms with E-state index in [4.69, 9.17) is 85.3 Å². The number of allylic oxidation sites excluding steroid dienone is 4. The van der Waals surface area contributed by atoms with Crippen LogP contribution in [0.1, 0.15) is 198 Å². The average molecular weight is 1680 g/mol. The van der Waals surface area contributed by atoms with Gasteiger partial charge in [0.15, 0.2) is 12.6 Å². The first-order chi connectivity index (χ1) is 56.3. The number of rotatable bonds is 24. The maximum absolute atomic E-state index is 14.2. The molecule has 7 aliphatic heterocycles. The molecular formula is C90H152O28. The summed E-state index contributed by atoms with van der Waals surface area (Å²) in [5.74, 6) is -4.40. The third-order valence-corrected chi connectivity index (χ3v) is 25.8. The van der Waals surface area contributed by atoms with Crippen LogP contribution in [0.3, 0.4) is 0 Å². The van der Waals surface area contributed by atoms with Crippen molar-refractivity contribution in [2.24, 2.45) is 35.5 Å². The summed E-state index contributed by atoms with van der Waals surface area (Å²) in [7, 11) is 12.5. The van der Waals surface area contributed by atoms with Crippen molar-refractivity contribution in [3.05, 3.63) is 71.9 Å². The molecule has 0 amide bonds. The molecule has 0 saturated carbocycles. The number of esters is 2. The Kier molecular flexibility index (Phi) is 44.5. The standard InChI is InChI=1S/C90H152O28/c1-51-25-31-69(115-89-85(99)87(107-17)79(105-15)49-109-89)43-63-21-19-23-65(113-63)47-75(103-13)58(8)74(94)40-62(92)42-78(60(10)84(98)54(4)30-34-68-46-72(102-12)38-56(6)112-68)118-82(96)36-28-52(2)26-32-70(116-90-86(100)88(108-18)80(106-16)50-110-90)44-64-22-20-24-66(114-64)48-76(104-14)57(7)73(93)39-61(91)41-77(117-81(95)35-27-51)59(9)83(97)53(3)29-33-67-45-71(101-11)37-55(5)111-67/h19-22,25-28,35-36,53-80,83-94,97-100H,23-24,29-34,37-50H2,1-18H3/b35-27+,36-28+,51-25-,52-26+/t53-,54-,55-,56-,57-,58-,59+,60+,61+,62+,63-,64-,65-,66-,67-,68-,69-,70-,71+,72+,73-,74-,75-,76-,77-,78-,79-,80-,83-,84-,85-,86-,87+,88+,89+,90+/m0/s1. The van der Waals surface area contributed by atoms with Crippen molar-refractivity contribution in [1.29, 1.82) is 0 Å². The predicted octanol–water partition coefficient (Wildman–Crippen LogP) is 9.16. The van der Waals surface area contributed by atoms with E-state index in [9.17, 15) is 50.4 Å². The van der Waals surface area contributed by atoms with Gasteiger partial charge in [-0.25, -0.2) is 9.59 Å². The number of carbonyl (C=O) groups is 2. The van der Waals surface area contributed by atoms with Crippen LogP contribution in [0.15, 0.2) is 71.9 Å². The van der Waals surface area contributed by atoms with E-state index in [0.717, 1.165) is 25.7 Å². The van der Waals surface area contributed by atoms with Gasteiger partial charge in [0.05, 0.1) is 135 Å². The van der Waals surface area contributed by atoms with Crippen molar-refractivity contribution in [1.82, 2.24) is 0 Å². The van der Waals surface area contributed by atoms with Crippen molar-refractivity contribution in [2.75, 3.05) is 70.1 Å². The van der Waals surface area contributed by atoms with E-state index in [1.165, 1.54) is 40.6 Å². The first-order valence-corrected chi connectivity index (χ1v) is 43.6. The number of methoxy groups -OCH3 is 8. The summed E-state index contributed by atoms with van der Waals surface area (Å²) in [6.45, 7) is 19.1. The lowest BCUT2D eigenvalue weighted by molar-refractivity contribution is -0.290. The molecule has 680 valence electrons. The van der Waals surface area contributed by atoms with Crippen LogP contribution in [-0.2, 0) is 94.9 Å². The molecule has 28 nitrogen and oxygen atoms in total. The second-order valence-electron chi connectivity index (χ2n) is 35.0. The summed E-state index contributed by atoms with van der Waals surface area (Å²) in [4.78, 5) is 28.5. The average Bonchev–Trinajstić information content (AvgIpc) is 0.825. The van der Waals surface area contributed by atoms with Crippen LogP contribution in [0.4, 0.5) is 0 Å². The summed E-state index contributed by atoms with van der Waals surface area (Å²) >= 11 is 0. The van der Waals surface area contributed by atoms with Crippen molar-refractivity contribution < 1.29 is 136 Å². The zero-order valence-electron chi connectivity index (χ0n) is 73.9. The van der Waals surface area contributed by atoms with E-state index in [-0.39, 0.29) is 113 Å². The van der Waals surface area contributed by atoms with E-state index >= 15 is 0 Å². The van der Waals surface area contributed by atoms with E-state index in [1.54, 1.807) is 54.4 Å². The highest BCUT2D eigenvalue weighted by Gasteiger charge is 2.46. The van der Waals surface area contributed by atoms with Crippen molar-refractivity contribution >= 4 is 11.9 Å². The van der Waals surface area contributed by atoms with Crippen LogP contribution in [0.2, 0.25) is 0 Å². The normalized spacial score (nSPS) is 41.5. The van der Waals surface area contributed by atoms with Gasteiger partial charge in [0.2, 0.25) is 0 Å². The van der Waals surface area contributed by atoms with E-state index in [0.29, 0.717) is 62.5 Å². The van der Waals surface area contributed by atoms with Gasteiger partial charge in [-0.3, -0.25) is 0 Å². The maximum atomic E-state index is 14.2. The van der Waals surface area contributed by atoms with Crippen LogP contribution in [0, 0.1) is 35.5 Å². The molecule has 0 aromatic carbocycles. The minimum atomic E-state index is -1.23. The van der Waals surface area contributed by atoms with Crippen molar-refractivity contribution in [3.8, 4) is 0 Å². The van der Waals surface area contributed by atoms with Crippen LogP contribution in [0.25, 0.3) is 0 Å². The van der Waals surface area contributed by atoms with Gasteiger partial charge >= 0.3 is 11.9 Å². The van der Waals surface area contributed by atoms with E-state index in [2.05, 4.69) is 0 Å². The molecule has 0 aromatic heterocycles. The minimum absolute atomic E-state index is 0.0206. The van der Waals surface area contributed by atoms with Crippen LogP contribution >= 0.6 is 0 Å². The Hall–Kier alpha value is -3.58. The number of hydrogen-bond donors (Lipinski definition) is 8. The zero-order valence-corrected chi connectivity index (χ0v) is 73.9. The van der Waals surface area contributed by atoms with Gasteiger partial charge in [-0.15, -0.1) is 0 Å². The van der Waals surface area contributed by atoms with Gasteiger partial charge in [-0.05, 0) is 129 Å². The second-order valence-corrected chi connectivity index (χ2v) is 35.0. The molecule has 36 atom stereocenters. The molecule has 7 rings (SSSR count). The third-order valence-electron chi connectivity index (χ3n) is 25.8. The molecule has 28 heteroatoms. The molecule has 8 N–H and O–H groups in total. The van der Waals surface area contributed by atoms with Crippen LogP contribution in [-0.4, -0.2) is 306 Å². The fourth-order valence-electron chi connectivity index (χ4n) is 18.0. The SMILES string of the molecule is CO[C@H]1C[C@H](CC[C@H](C)[C@H](O)[C@H](C)[C@@H]2C[C@H](O)C[C@H](O)[C@H](C)[C@@H](OC)C[C@@H]3CC=C[C@@H](C[C@@H](O[C@H]4OC[C@H](OC)[C@@H](OC)[C@@H]4O)C/C=C(C)\C=C\C(=O)O[C@H]([C@@H](C)[C@@H](O)[C@@H](C)CC[C@H]4C[C@H](OC)C[C@H](C)O4)C[C@H](O)C[C@H](O)[C@H](C)[C@@H](OC)C[C@@H]4CC=C[C@@H](C[C@@H](O[C@H]5OC[C@H](OC)[C@@H](OC)[C@@H]5O)C/C=C(C)/C=C/C(=O)O2)O4)O3)O[C@@H](C)C1. The van der Waals surface area contributed by atoms with Gasteiger partial charge in [-0.1, -0.05) is 101 Å². The Morgan fingerprint density at radius 3 is 1.14 bits per heavy atom. The number of ether oxygens (including phenoxy) is 18. The molecular weight excluding hydrogens is 1530 g/mol. The number of cyclic esters (lactones) is 2. The van der Waals surface area contributed by atoms with E-state index in [1.807, 2.05) is 91.8 Å². The van der Waals surface area contributed by atoms with Gasteiger partial charge < -0.3 is 126 Å². The lowest BCUT2D eigenvalue weighted by Crippen LogP contribution is -2.56. The zero-order chi connectivity index (χ0) is 86.4. The number of aliphatic hydroxyl groups excluding tert-OH is 8. The molecule has 0 radical (unpaired) electrons. The molecule has 4 saturated heterocycles. The van der Waals surface area contributed by atoms with Crippen molar-refractivity contribution in [2.45, 2.75) is 381 Å². The molecule has 0 aliphatic carbocycles. The molecule has 0 unspecified atom stereocenters. The first kappa shape index (κ1) is 102. The number of hydrogen-bond acceptors (Lipinski definition) is 28.